The zero-order chi connectivity index (χ0) is 26.2. The highest BCUT2D eigenvalue weighted by atomic mass is 32.2. The Morgan fingerprint density at radius 1 is 0.892 bits per heavy atom. The van der Waals surface area contributed by atoms with Crippen LogP contribution in [-0.2, 0) is 11.4 Å². The number of benzene rings is 3. The average Bonchev–Trinajstić information content (AvgIpc) is 3.41. The van der Waals surface area contributed by atoms with Crippen molar-refractivity contribution in [3.05, 3.63) is 82.8 Å². The summed E-state index contributed by atoms with van der Waals surface area (Å²) in [4.78, 5) is 16.4. The van der Waals surface area contributed by atoms with Crippen LogP contribution >= 0.6 is 11.8 Å². The molecule has 0 radical (unpaired) electrons. The zero-order valence-corrected chi connectivity index (χ0v) is 21.2. The molecule has 1 heterocycles. The summed E-state index contributed by atoms with van der Waals surface area (Å²) < 4.78 is 21.6. The number of methoxy groups -OCH3 is 3. The molecule has 0 amide bonds. The van der Waals surface area contributed by atoms with Crippen LogP contribution in [0.3, 0.4) is 0 Å². The molecule has 0 saturated heterocycles. The van der Waals surface area contributed by atoms with Crippen LogP contribution in [0.4, 0.5) is 0 Å². The summed E-state index contributed by atoms with van der Waals surface area (Å²) in [6.45, 7) is 0.404. The number of hydrogen-bond acceptors (Lipinski definition) is 8. The van der Waals surface area contributed by atoms with Gasteiger partial charge in [0.05, 0.1) is 21.3 Å². The fourth-order valence-corrected chi connectivity index (χ4v) is 4.01. The lowest BCUT2D eigenvalue weighted by Gasteiger charge is -2.07. The smallest absolute Gasteiger partial charge is 0.342 e. The quantitative estimate of drug-likeness (QED) is 0.201. The van der Waals surface area contributed by atoms with E-state index in [9.17, 15) is 9.90 Å². The van der Waals surface area contributed by atoms with Gasteiger partial charge in [-0.25, -0.2) is 9.78 Å². The van der Waals surface area contributed by atoms with Gasteiger partial charge in [-0.2, -0.15) is 0 Å². The topological polar surface area (TPSA) is 116 Å². The minimum absolute atomic E-state index is 0.0701. The Hall–Kier alpha value is -4.44. The van der Waals surface area contributed by atoms with E-state index in [1.165, 1.54) is 0 Å². The average molecular weight is 520 g/mol. The Morgan fingerprint density at radius 3 is 2.11 bits per heavy atom. The number of ether oxygens (including phenoxy) is 4. The lowest BCUT2D eigenvalue weighted by molar-refractivity contribution is -0.131. The molecule has 9 nitrogen and oxygen atoms in total. The van der Waals surface area contributed by atoms with Gasteiger partial charge in [-0.05, 0) is 65.4 Å². The number of aromatic nitrogens is 3. The third-order valence-corrected chi connectivity index (χ3v) is 6.12. The van der Waals surface area contributed by atoms with Gasteiger partial charge in [0.25, 0.3) is 0 Å². The normalized spacial score (nSPS) is 11.2. The van der Waals surface area contributed by atoms with Gasteiger partial charge < -0.3 is 24.1 Å². The summed E-state index contributed by atoms with van der Waals surface area (Å²) >= 11 is 0.946. The van der Waals surface area contributed by atoms with E-state index in [1.807, 2.05) is 24.3 Å². The van der Waals surface area contributed by atoms with Gasteiger partial charge in [0.1, 0.15) is 34.5 Å². The third-order valence-electron chi connectivity index (χ3n) is 5.24. The number of carboxylic acid groups (broad SMARTS) is 1. The molecule has 0 unspecified atom stereocenters. The van der Waals surface area contributed by atoms with Gasteiger partial charge >= 0.3 is 5.97 Å². The maximum absolute atomic E-state index is 11.9. The summed E-state index contributed by atoms with van der Waals surface area (Å²) in [6, 6.07) is 20.1. The molecule has 37 heavy (non-hydrogen) atoms. The maximum atomic E-state index is 11.9. The first-order valence-electron chi connectivity index (χ1n) is 11.1. The summed E-state index contributed by atoms with van der Waals surface area (Å²) in [7, 11) is 4.74. The van der Waals surface area contributed by atoms with Gasteiger partial charge in [-0.15, -0.1) is 5.10 Å². The predicted octanol–water partition coefficient (Wildman–Crippen LogP) is 5.29. The van der Waals surface area contributed by atoms with Gasteiger partial charge in [-0.3, -0.25) is 5.10 Å². The second kappa shape index (κ2) is 12.0. The number of aliphatic carboxylic acids is 1. The van der Waals surface area contributed by atoms with Crippen molar-refractivity contribution in [1.29, 1.82) is 0 Å². The maximum Gasteiger partial charge on any atom is 0.342 e. The molecule has 0 aliphatic carbocycles. The Balaban J connectivity index is 1.44. The molecule has 0 aliphatic rings. The van der Waals surface area contributed by atoms with E-state index in [0.717, 1.165) is 23.1 Å². The van der Waals surface area contributed by atoms with E-state index < -0.39 is 5.97 Å². The Morgan fingerprint density at radius 2 is 1.51 bits per heavy atom. The fraction of sp³-hybridized carbons (Fsp3) is 0.148. The van der Waals surface area contributed by atoms with E-state index in [0.29, 0.717) is 40.8 Å². The van der Waals surface area contributed by atoms with Gasteiger partial charge in [0.2, 0.25) is 5.16 Å². The number of thioether (sulfide) groups is 1. The van der Waals surface area contributed by atoms with Crippen LogP contribution in [0.25, 0.3) is 17.5 Å². The summed E-state index contributed by atoms with van der Waals surface area (Å²) in [5, 5.41) is 17.0. The number of carboxylic acids is 1. The van der Waals surface area contributed by atoms with Crippen LogP contribution in [0.15, 0.2) is 76.8 Å². The molecule has 3 aromatic carbocycles. The molecule has 10 heteroatoms. The summed E-state index contributed by atoms with van der Waals surface area (Å²) in [5.41, 5.74) is 2.41. The molecule has 2 N–H and O–H groups in total. The summed E-state index contributed by atoms with van der Waals surface area (Å²) in [5.74, 6) is 2.03. The standard InChI is InChI=1S/C27H25N3O6S/c1-33-20-8-6-18(7-9-20)16-36-21-10-4-17(5-11-21)12-24(26(31)32)37-27-28-25(29-30-27)19-13-22(34-2)15-23(14-19)35-3/h4-15H,16H2,1-3H3,(H,31,32)(H,28,29,30)/b24-12-. The Bertz CT molecular complexity index is 1360. The van der Waals surface area contributed by atoms with Crippen molar-refractivity contribution in [2.45, 2.75) is 11.8 Å². The SMILES string of the molecule is COc1ccc(COc2ccc(/C=C(\Sc3n[nH]c(-c4cc(OC)cc(OC)c4)n3)C(=O)O)cc2)cc1. The molecule has 0 fully saturated rings. The minimum Gasteiger partial charge on any atom is -0.497 e. The van der Waals surface area contributed by atoms with Crippen LogP contribution in [0.2, 0.25) is 0 Å². The number of aromatic amines is 1. The molecule has 0 spiro atoms. The number of H-pyrrole nitrogens is 1. The number of nitrogens with zero attached hydrogens (tertiary/aromatic N) is 2. The van der Waals surface area contributed by atoms with Crippen LogP contribution in [0.1, 0.15) is 11.1 Å². The van der Waals surface area contributed by atoms with E-state index in [2.05, 4.69) is 15.2 Å². The van der Waals surface area contributed by atoms with Gasteiger partial charge in [-0.1, -0.05) is 24.3 Å². The molecule has 1 aromatic heterocycles. The van der Waals surface area contributed by atoms with Crippen molar-refractivity contribution in [2.24, 2.45) is 0 Å². The number of hydrogen-bond donors (Lipinski definition) is 2. The van der Waals surface area contributed by atoms with Crippen molar-refractivity contribution in [2.75, 3.05) is 21.3 Å². The highest BCUT2D eigenvalue weighted by Gasteiger charge is 2.15. The highest BCUT2D eigenvalue weighted by molar-refractivity contribution is 8.04. The van der Waals surface area contributed by atoms with Crippen LogP contribution in [-0.4, -0.2) is 47.6 Å². The van der Waals surface area contributed by atoms with Crippen molar-refractivity contribution >= 4 is 23.8 Å². The first-order valence-corrected chi connectivity index (χ1v) is 11.9. The van der Waals surface area contributed by atoms with Gasteiger partial charge in [0, 0.05) is 11.6 Å². The molecular weight excluding hydrogens is 494 g/mol. The minimum atomic E-state index is -1.08. The molecule has 4 aromatic rings. The molecule has 0 bridgehead atoms. The van der Waals surface area contributed by atoms with E-state index in [1.54, 1.807) is 69.9 Å². The number of carbonyl (C=O) groups is 1. The van der Waals surface area contributed by atoms with E-state index >= 15 is 0 Å². The molecular formula is C27H25N3O6S. The van der Waals surface area contributed by atoms with Crippen LogP contribution in [0, 0.1) is 0 Å². The number of rotatable bonds is 11. The Labute approximate surface area is 218 Å². The zero-order valence-electron chi connectivity index (χ0n) is 20.4. The summed E-state index contributed by atoms with van der Waals surface area (Å²) in [6.07, 6.45) is 1.56. The molecule has 0 aliphatic heterocycles. The largest absolute Gasteiger partial charge is 0.497 e. The molecule has 0 saturated carbocycles. The predicted molar refractivity (Wildman–Crippen MR) is 140 cm³/mol. The van der Waals surface area contributed by atoms with Gasteiger partial charge in [0.15, 0.2) is 5.82 Å². The number of nitrogens with one attached hydrogen (secondary N) is 1. The van der Waals surface area contributed by atoms with Crippen molar-refractivity contribution < 1.29 is 28.8 Å². The fourth-order valence-electron chi connectivity index (χ4n) is 3.30. The van der Waals surface area contributed by atoms with E-state index in [-0.39, 0.29) is 10.1 Å². The molecule has 4 rings (SSSR count). The highest BCUT2D eigenvalue weighted by Crippen LogP contribution is 2.31. The van der Waals surface area contributed by atoms with Crippen molar-refractivity contribution in [3.63, 3.8) is 0 Å². The third kappa shape index (κ3) is 6.83. The van der Waals surface area contributed by atoms with Crippen molar-refractivity contribution in [1.82, 2.24) is 15.2 Å². The van der Waals surface area contributed by atoms with Crippen LogP contribution < -0.4 is 18.9 Å². The second-order valence-electron chi connectivity index (χ2n) is 7.69. The first kappa shape index (κ1) is 25.6. The van der Waals surface area contributed by atoms with Crippen LogP contribution in [0.5, 0.6) is 23.0 Å². The van der Waals surface area contributed by atoms with E-state index in [4.69, 9.17) is 18.9 Å². The Kier molecular flexibility index (Phi) is 8.32. The lowest BCUT2D eigenvalue weighted by Crippen LogP contribution is -1.98. The lowest BCUT2D eigenvalue weighted by atomic mass is 10.2. The molecule has 190 valence electrons. The second-order valence-corrected chi connectivity index (χ2v) is 8.70. The monoisotopic (exact) mass is 519 g/mol. The first-order chi connectivity index (χ1) is 18.0. The van der Waals surface area contributed by atoms with Crippen molar-refractivity contribution in [3.8, 4) is 34.4 Å². The molecule has 0 atom stereocenters.